The van der Waals surface area contributed by atoms with Crippen molar-refractivity contribution in [2.24, 2.45) is 0 Å². The van der Waals surface area contributed by atoms with Crippen LogP contribution < -0.4 is 5.11 Å². The molecule has 0 aliphatic rings. The van der Waals surface area contributed by atoms with E-state index in [2.05, 4.69) is 26.0 Å². The number of ether oxygens (including phenoxy) is 3. The molecule has 0 aromatic heterocycles. The summed E-state index contributed by atoms with van der Waals surface area (Å²) in [5.41, 5.74) is 0. The third kappa shape index (κ3) is 51.0. The van der Waals surface area contributed by atoms with E-state index in [4.69, 9.17) is 14.2 Å². The molecule has 0 rings (SSSR count). The van der Waals surface area contributed by atoms with E-state index in [-0.39, 0.29) is 42.7 Å². The monoisotopic (exact) mass is 990 g/mol. The SMILES string of the molecule is CCCCCCCCCCCCCC/C=C/CCCCCCCCCC(=O)OCC(COCCC(C(=O)[O-])[N+](C)(C)C)OC(=O)CCCCCCCCCCCCCCCCCCCCCCCCC. The molecular weight excluding hydrogens is 871 g/mol. The van der Waals surface area contributed by atoms with Gasteiger partial charge in [0.1, 0.15) is 12.6 Å². The normalized spacial score (nSPS) is 12.8. The van der Waals surface area contributed by atoms with Crippen LogP contribution in [0.2, 0.25) is 0 Å². The Morgan fingerprint density at radius 1 is 0.414 bits per heavy atom. The Kier molecular flexibility index (Phi) is 51.9. The molecule has 2 unspecified atom stereocenters. The second kappa shape index (κ2) is 53.4. The first kappa shape index (κ1) is 68.1. The summed E-state index contributed by atoms with van der Waals surface area (Å²) < 4.78 is 17.3. The van der Waals surface area contributed by atoms with Crippen LogP contribution in [0.1, 0.15) is 316 Å². The highest BCUT2D eigenvalue weighted by molar-refractivity contribution is 5.70. The number of rotatable bonds is 57. The lowest BCUT2D eigenvalue weighted by Crippen LogP contribution is -2.55. The first-order valence-corrected chi connectivity index (χ1v) is 30.7. The van der Waals surface area contributed by atoms with Gasteiger partial charge in [0.25, 0.3) is 0 Å². The number of carboxylic acid groups (broad SMARTS) is 1. The minimum absolute atomic E-state index is 0.0462. The van der Waals surface area contributed by atoms with Gasteiger partial charge in [-0.15, -0.1) is 0 Å². The number of nitrogens with zero attached hydrogens (tertiary/aromatic N) is 1. The zero-order valence-electron chi connectivity index (χ0n) is 47.5. The highest BCUT2D eigenvalue weighted by atomic mass is 16.6. The standard InChI is InChI=1S/C62H119NO7/c1-6-8-10-12-14-16-18-20-22-24-26-28-30-32-34-36-38-40-42-44-46-48-50-52-60(64)69-57-58(56-68-55-54-59(62(66)67)63(3,4)5)70-61(65)53-51-49-47-45-43-41-39-37-35-33-31-29-27-25-23-21-19-17-15-13-11-9-7-2/h32,34,58-59H,6-31,33,35-57H2,1-5H3/b34-32+. The molecule has 0 saturated carbocycles. The third-order valence-electron chi connectivity index (χ3n) is 14.4. The molecule has 70 heavy (non-hydrogen) atoms. The van der Waals surface area contributed by atoms with Crippen LogP contribution in [-0.2, 0) is 28.6 Å². The second-order valence-electron chi connectivity index (χ2n) is 22.3. The summed E-state index contributed by atoms with van der Waals surface area (Å²) in [5, 5.41) is 11.7. The van der Waals surface area contributed by atoms with Crippen LogP contribution in [-0.4, -0.2) is 75.5 Å². The number of allylic oxidation sites excluding steroid dienone is 2. The fourth-order valence-corrected chi connectivity index (χ4v) is 9.66. The molecule has 0 aliphatic carbocycles. The molecular formula is C62H119NO7. The van der Waals surface area contributed by atoms with Gasteiger partial charge in [-0.2, -0.15) is 0 Å². The topological polar surface area (TPSA) is 102 Å². The molecule has 0 fully saturated rings. The maximum absolute atomic E-state index is 12.9. The van der Waals surface area contributed by atoms with Crippen LogP contribution in [0.15, 0.2) is 12.2 Å². The van der Waals surface area contributed by atoms with Gasteiger partial charge in [-0.05, 0) is 38.5 Å². The Morgan fingerprint density at radius 2 is 0.714 bits per heavy atom. The predicted octanol–water partition coefficient (Wildman–Crippen LogP) is 17.2. The largest absolute Gasteiger partial charge is 0.544 e. The van der Waals surface area contributed by atoms with Crippen molar-refractivity contribution >= 4 is 17.9 Å². The van der Waals surface area contributed by atoms with Crippen molar-refractivity contribution in [3.8, 4) is 0 Å². The van der Waals surface area contributed by atoms with Gasteiger partial charge >= 0.3 is 11.9 Å². The fraction of sp³-hybridized carbons (Fsp3) is 0.919. The molecule has 0 saturated heterocycles. The second-order valence-corrected chi connectivity index (χ2v) is 22.3. The highest BCUT2D eigenvalue weighted by Gasteiger charge is 2.25. The van der Waals surface area contributed by atoms with Crippen LogP contribution >= 0.6 is 0 Å². The van der Waals surface area contributed by atoms with Crippen molar-refractivity contribution in [3.05, 3.63) is 12.2 Å². The van der Waals surface area contributed by atoms with E-state index in [9.17, 15) is 19.5 Å². The molecule has 0 aliphatic heterocycles. The summed E-state index contributed by atoms with van der Waals surface area (Å²) in [7, 11) is 5.44. The number of quaternary nitrogens is 1. The van der Waals surface area contributed by atoms with E-state index in [1.54, 1.807) is 0 Å². The summed E-state index contributed by atoms with van der Waals surface area (Å²) >= 11 is 0. The zero-order chi connectivity index (χ0) is 51.3. The molecule has 0 bridgehead atoms. The van der Waals surface area contributed by atoms with Gasteiger partial charge in [0, 0.05) is 19.3 Å². The quantitative estimate of drug-likeness (QED) is 0.0259. The molecule has 0 radical (unpaired) electrons. The number of unbranched alkanes of at least 4 members (excludes halogenated alkanes) is 41. The molecule has 0 aromatic rings. The molecule has 0 N–H and O–H groups in total. The highest BCUT2D eigenvalue weighted by Crippen LogP contribution is 2.18. The first-order chi connectivity index (χ1) is 34.1. The van der Waals surface area contributed by atoms with E-state index in [0.717, 1.165) is 38.5 Å². The summed E-state index contributed by atoms with van der Waals surface area (Å²) in [6.07, 6.45) is 62.7. The number of aliphatic carboxylic acids is 1. The van der Waals surface area contributed by atoms with Gasteiger partial charge in [0.15, 0.2) is 6.10 Å². The predicted molar refractivity (Wildman–Crippen MR) is 296 cm³/mol. The van der Waals surface area contributed by atoms with E-state index < -0.39 is 18.1 Å². The molecule has 0 aromatic carbocycles. The van der Waals surface area contributed by atoms with Crippen molar-refractivity contribution in [1.29, 1.82) is 0 Å². The molecule has 0 amide bonds. The molecule has 414 valence electrons. The van der Waals surface area contributed by atoms with E-state index in [1.807, 2.05) is 21.1 Å². The van der Waals surface area contributed by atoms with Crippen LogP contribution in [0, 0.1) is 0 Å². The lowest BCUT2D eigenvalue weighted by molar-refractivity contribution is -0.889. The average Bonchev–Trinajstić information content (AvgIpc) is 3.33. The number of hydrogen-bond acceptors (Lipinski definition) is 7. The van der Waals surface area contributed by atoms with Crippen molar-refractivity contribution in [3.63, 3.8) is 0 Å². The summed E-state index contributed by atoms with van der Waals surface area (Å²) in [6, 6.07) is -0.724. The number of carbonyl (C=O) groups is 3. The van der Waals surface area contributed by atoms with Crippen molar-refractivity contribution in [2.45, 2.75) is 328 Å². The van der Waals surface area contributed by atoms with E-state index >= 15 is 0 Å². The van der Waals surface area contributed by atoms with Gasteiger partial charge in [0.2, 0.25) is 0 Å². The first-order valence-electron chi connectivity index (χ1n) is 30.7. The third-order valence-corrected chi connectivity index (χ3v) is 14.4. The lowest BCUT2D eigenvalue weighted by atomic mass is 10.0. The van der Waals surface area contributed by atoms with Gasteiger partial charge in [0.05, 0.1) is 40.3 Å². The van der Waals surface area contributed by atoms with Crippen molar-refractivity contribution < 1.29 is 38.2 Å². The molecule has 0 spiro atoms. The van der Waals surface area contributed by atoms with Crippen molar-refractivity contribution in [2.75, 3.05) is 41.0 Å². The lowest BCUT2D eigenvalue weighted by Gasteiger charge is -2.34. The van der Waals surface area contributed by atoms with Gasteiger partial charge < -0.3 is 28.6 Å². The summed E-state index contributed by atoms with van der Waals surface area (Å²) in [5.74, 6) is -1.71. The molecule has 8 nitrogen and oxygen atoms in total. The van der Waals surface area contributed by atoms with Gasteiger partial charge in [-0.25, -0.2) is 0 Å². The smallest absolute Gasteiger partial charge is 0.306 e. The maximum Gasteiger partial charge on any atom is 0.306 e. The number of carboxylic acids is 1. The number of hydrogen-bond donors (Lipinski definition) is 0. The number of esters is 2. The molecule has 0 heterocycles. The van der Waals surface area contributed by atoms with E-state index in [0.29, 0.717) is 12.8 Å². The Morgan fingerprint density at radius 3 is 1.03 bits per heavy atom. The van der Waals surface area contributed by atoms with Crippen LogP contribution in [0.3, 0.4) is 0 Å². The van der Waals surface area contributed by atoms with E-state index in [1.165, 1.54) is 244 Å². The van der Waals surface area contributed by atoms with Gasteiger partial charge in [-0.1, -0.05) is 270 Å². The number of likely N-dealkylation sites (N-methyl/N-ethyl adjacent to an activating group) is 1. The number of carbonyl (C=O) groups excluding carboxylic acids is 3. The zero-order valence-corrected chi connectivity index (χ0v) is 47.5. The van der Waals surface area contributed by atoms with Crippen LogP contribution in [0.5, 0.6) is 0 Å². The van der Waals surface area contributed by atoms with Crippen LogP contribution in [0.4, 0.5) is 0 Å². The molecule has 2 atom stereocenters. The summed E-state index contributed by atoms with van der Waals surface area (Å²) in [6.45, 7) is 4.74. The van der Waals surface area contributed by atoms with Gasteiger partial charge in [-0.3, -0.25) is 9.59 Å². The Labute approximate surface area is 435 Å². The van der Waals surface area contributed by atoms with Crippen LogP contribution in [0.25, 0.3) is 0 Å². The Hall–Kier alpha value is -1.93. The minimum atomic E-state index is -1.12. The Bertz CT molecular complexity index is 1150. The molecule has 8 heteroatoms. The average molecular weight is 991 g/mol. The summed E-state index contributed by atoms with van der Waals surface area (Å²) in [4.78, 5) is 37.2. The minimum Gasteiger partial charge on any atom is -0.544 e. The fourth-order valence-electron chi connectivity index (χ4n) is 9.66. The van der Waals surface area contributed by atoms with Crippen molar-refractivity contribution in [1.82, 2.24) is 0 Å². The Balaban J connectivity index is 4.09. The maximum atomic E-state index is 12.9.